The average molecular weight is 371 g/mol. The highest BCUT2D eigenvalue weighted by atomic mass is 32.2. The Bertz CT molecular complexity index is 780. The number of nitrogens with one attached hydrogen (secondary N) is 1. The van der Waals surface area contributed by atoms with E-state index in [1.54, 1.807) is 23.9 Å². The zero-order valence-corrected chi connectivity index (χ0v) is 14.8. The SMILES string of the molecule is CN(C)CC(=O)N1CC[C@@H](Nc2cccc([N+](=O)[O-])c2S(N)(=O)=O)C1. The van der Waals surface area contributed by atoms with Gasteiger partial charge in [-0.25, -0.2) is 13.6 Å². The molecule has 0 aliphatic carbocycles. The van der Waals surface area contributed by atoms with Gasteiger partial charge in [0, 0.05) is 25.2 Å². The molecular weight excluding hydrogens is 350 g/mol. The van der Waals surface area contributed by atoms with Gasteiger partial charge >= 0.3 is 0 Å². The number of rotatable bonds is 6. The first-order valence-corrected chi connectivity index (χ1v) is 9.13. The van der Waals surface area contributed by atoms with Crippen molar-refractivity contribution >= 4 is 27.3 Å². The van der Waals surface area contributed by atoms with E-state index >= 15 is 0 Å². The lowest BCUT2D eigenvalue weighted by Gasteiger charge is -2.20. The van der Waals surface area contributed by atoms with E-state index in [4.69, 9.17) is 5.14 Å². The number of anilines is 1. The van der Waals surface area contributed by atoms with Crippen LogP contribution in [0.2, 0.25) is 0 Å². The van der Waals surface area contributed by atoms with E-state index in [1.807, 2.05) is 0 Å². The summed E-state index contributed by atoms with van der Waals surface area (Å²) in [6.45, 7) is 1.20. The third-order valence-electron chi connectivity index (χ3n) is 3.83. The molecule has 0 saturated carbocycles. The second-order valence-corrected chi connectivity index (χ2v) is 7.66. The summed E-state index contributed by atoms with van der Waals surface area (Å²) in [5.41, 5.74) is -0.505. The summed E-state index contributed by atoms with van der Waals surface area (Å²) in [6, 6.07) is 3.69. The number of nitrogens with zero attached hydrogens (tertiary/aromatic N) is 3. The summed E-state index contributed by atoms with van der Waals surface area (Å²) >= 11 is 0. The first kappa shape index (κ1) is 19.1. The standard InChI is InChI=1S/C14H21N5O5S/c1-17(2)9-13(20)18-7-6-10(8-18)16-11-4-3-5-12(19(21)22)14(11)25(15,23)24/h3-5,10,16H,6-9H2,1-2H3,(H2,15,23,24)/t10-/m1/s1. The van der Waals surface area contributed by atoms with Gasteiger partial charge in [0.2, 0.25) is 15.9 Å². The van der Waals surface area contributed by atoms with Crippen LogP contribution in [0, 0.1) is 10.1 Å². The Balaban J connectivity index is 2.21. The van der Waals surface area contributed by atoms with Crippen molar-refractivity contribution in [1.82, 2.24) is 9.80 Å². The highest BCUT2D eigenvalue weighted by Gasteiger charge is 2.30. The van der Waals surface area contributed by atoms with Gasteiger partial charge in [0.1, 0.15) is 0 Å². The molecule has 0 radical (unpaired) electrons. The minimum absolute atomic E-state index is 0.0278. The number of benzene rings is 1. The van der Waals surface area contributed by atoms with Crippen molar-refractivity contribution in [3.05, 3.63) is 28.3 Å². The summed E-state index contributed by atoms with van der Waals surface area (Å²) in [7, 11) is -0.694. The van der Waals surface area contributed by atoms with Crippen molar-refractivity contribution in [3.8, 4) is 0 Å². The van der Waals surface area contributed by atoms with Crippen LogP contribution in [0.4, 0.5) is 11.4 Å². The molecule has 138 valence electrons. The number of likely N-dealkylation sites (N-methyl/N-ethyl adjacent to an activating group) is 1. The Morgan fingerprint density at radius 2 is 2.16 bits per heavy atom. The molecule has 3 N–H and O–H groups in total. The fraction of sp³-hybridized carbons (Fsp3) is 0.500. The van der Waals surface area contributed by atoms with E-state index in [2.05, 4.69) is 5.32 Å². The van der Waals surface area contributed by atoms with Crippen LogP contribution in [0.15, 0.2) is 23.1 Å². The van der Waals surface area contributed by atoms with E-state index < -0.39 is 25.5 Å². The quantitative estimate of drug-likeness (QED) is 0.522. The summed E-state index contributed by atoms with van der Waals surface area (Å²) in [6.07, 6.45) is 0.603. The molecule has 2 rings (SSSR count). The largest absolute Gasteiger partial charge is 0.379 e. The molecule has 1 aromatic rings. The monoisotopic (exact) mass is 371 g/mol. The van der Waals surface area contributed by atoms with Gasteiger partial charge in [-0.15, -0.1) is 0 Å². The Morgan fingerprint density at radius 1 is 1.48 bits per heavy atom. The molecule has 25 heavy (non-hydrogen) atoms. The number of carbonyl (C=O) groups excluding carboxylic acids is 1. The predicted octanol–water partition coefficient (Wildman–Crippen LogP) is -0.183. The Labute approximate surface area is 145 Å². The van der Waals surface area contributed by atoms with E-state index in [-0.39, 0.29) is 24.2 Å². The lowest BCUT2D eigenvalue weighted by Crippen LogP contribution is -2.37. The van der Waals surface area contributed by atoms with Gasteiger partial charge in [-0.1, -0.05) is 6.07 Å². The van der Waals surface area contributed by atoms with Crippen LogP contribution in [-0.4, -0.2) is 68.8 Å². The zero-order valence-electron chi connectivity index (χ0n) is 14.0. The molecule has 10 nitrogen and oxygen atoms in total. The number of nitro benzene ring substituents is 1. The van der Waals surface area contributed by atoms with Crippen molar-refractivity contribution in [2.45, 2.75) is 17.4 Å². The highest BCUT2D eigenvalue weighted by Crippen LogP contribution is 2.31. The molecule has 11 heteroatoms. The van der Waals surface area contributed by atoms with Crippen molar-refractivity contribution in [2.75, 3.05) is 39.0 Å². The van der Waals surface area contributed by atoms with Crippen molar-refractivity contribution < 1.29 is 18.1 Å². The van der Waals surface area contributed by atoms with Crippen LogP contribution in [0.25, 0.3) is 0 Å². The van der Waals surface area contributed by atoms with E-state index in [9.17, 15) is 23.3 Å². The van der Waals surface area contributed by atoms with E-state index in [1.165, 1.54) is 12.1 Å². The molecule has 1 aliphatic rings. The van der Waals surface area contributed by atoms with E-state index in [0.29, 0.717) is 19.5 Å². The maximum atomic E-state index is 12.1. The van der Waals surface area contributed by atoms with E-state index in [0.717, 1.165) is 6.07 Å². The number of hydrogen-bond acceptors (Lipinski definition) is 7. The fourth-order valence-corrected chi connectivity index (χ4v) is 3.64. The fourth-order valence-electron chi connectivity index (χ4n) is 2.78. The molecule has 1 atom stereocenters. The Kier molecular flexibility index (Phi) is 5.60. The highest BCUT2D eigenvalue weighted by molar-refractivity contribution is 7.89. The van der Waals surface area contributed by atoms with Gasteiger partial charge in [0.25, 0.3) is 5.69 Å². The molecule has 0 unspecified atom stereocenters. The van der Waals surface area contributed by atoms with Gasteiger partial charge in [0.05, 0.1) is 17.2 Å². The molecule has 1 aliphatic heterocycles. The summed E-state index contributed by atoms with van der Waals surface area (Å²) in [5, 5.41) is 19.2. The van der Waals surface area contributed by atoms with Gasteiger partial charge in [-0.2, -0.15) is 0 Å². The third kappa shape index (κ3) is 4.65. The second kappa shape index (κ2) is 7.33. The molecule has 0 bridgehead atoms. The van der Waals surface area contributed by atoms with Crippen LogP contribution in [0.5, 0.6) is 0 Å². The lowest BCUT2D eigenvalue weighted by molar-refractivity contribution is -0.387. The predicted molar refractivity (Wildman–Crippen MR) is 91.6 cm³/mol. The molecule has 1 aromatic carbocycles. The summed E-state index contributed by atoms with van der Waals surface area (Å²) < 4.78 is 23.6. The maximum Gasteiger partial charge on any atom is 0.291 e. The summed E-state index contributed by atoms with van der Waals surface area (Å²) in [5.74, 6) is -0.0278. The average Bonchev–Trinajstić information content (AvgIpc) is 2.93. The molecule has 1 amide bonds. The number of sulfonamides is 1. The van der Waals surface area contributed by atoms with Crippen LogP contribution in [-0.2, 0) is 14.8 Å². The minimum atomic E-state index is -4.29. The van der Waals surface area contributed by atoms with Crippen molar-refractivity contribution in [2.24, 2.45) is 5.14 Å². The van der Waals surface area contributed by atoms with Gasteiger partial charge in [-0.3, -0.25) is 14.9 Å². The molecule has 0 aromatic heterocycles. The van der Waals surface area contributed by atoms with Crippen molar-refractivity contribution in [1.29, 1.82) is 0 Å². The first-order chi connectivity index (χ1) is 11.6. The minimum Gasteiger partial charge on any atom is -0.379 e. The van der Waals surface area contributed by atoms with Crippen LogP contribution in [0.3, 0.4) is 0 Å². The van der Waals surface area contributed by atoms with Crippen molar-refractivity contribution in [3.63, 3.8) is 0 Å². The smallest absolute Gasteiger partial charge is 0.291 e. The normalized spacial score (nSPS) is 17.8. The molecular formula is C14H21N5O5S. The number of primary sulfonamides is 1. The van der Waals surface area contributed by atoms with Gasteiger partial charge in [-0.05, 0) is 26.6 Å². The topological polar surface area (TPSA) is 139 Å². The van der Waals surface area contributed by atoms with Crippen LogP contribution in [0.1, 0.15) is 6.42 Å². The maximum absolute atomic E-state index is 12.1. The summed E-state index contributed by atoms with van der Waals surface area (Å²) in [4.78, 5) is 25.3. The molecule has 0 spiro atoms. The molecule has 1 heterocycles. The Morgan fingerprint density at radius 3 is 2.72 bits per heavy atom. The molecule has 1 saturated heterocycles. The lowest BCUT2D eigenvalue weighted by atomic mass is 10.2. The van der Waals surface area contributed by atoms with Crippen LogP contribution >= 0.6 is 0 Å². The molecule has 1 fully saturated rings. The number of likely N-dealkylation sites (tertiary alicyclic amines) is 1. The first-order valence-electron chi connectivity index (χ1n) is 7.59. The number of nitrogens with two attached hydrogens (primary N) is 1. The number of carbonyl (C=O) groups is 1. The third-order valence-corrected chi connectivity index (χ3v) is 4.83. The zero-order chi connectivity index (χ0) is 18.8. The van der Waals surface area contributed by atoms with Gasteiger partial charge in [0.15, 0.2) is 4.90 Å². The van der Waals surface area contributed by atoms with Gasteiger partial charge < -0.3 is 15.1 Å². The number of nitro groups is 1. The number of hydrogen-bond donors (Lipinski definition) is 2. The number of amides is 1. The second-order valence-electron chi connectivity index (χ2n) is 6.16. The Hall–Kier alpha value is -2.24. The van der Waals surface area contributed by atoms with Crippen LogP contribution < -0.4 is 10.5 Å².